The molecule has 27 heavy (non-hydrogen) atoms. The van der Waals surface area contributed by atoms with Gasteiger partial charge in [-0.25, -0.2) is 0 Å². The van der Waals surface area contributed by atoms with Gasteiger partial charge in [0.15, 0.2) is 0 Å². The van der Waals surface area contributed by atoms with E-state index in [9.17, 15) is 5.11 Å². The molecule has 5 heteroatoms. The molecule has 0 saturated carbocycles. The minimum Gasteiger partial charge on any atom is -0.496 e. The summed E-state index contributed by atoms with van der Waals surface area (Å²) in [6, 6.07) is 10.1. The Labute approximate surface area is 164 Å². The molecule has 5 nitrogen and oxygen atoms in total. The standard InChI is InChI=1S/C22H37N3O2/c1-18(2)24-11-8-20(9-12-24)25-14-13-23(17-21(25)10-15-26)16-19-6-4-5-7-22(19)27-3/h4-7,18,20-21,26H,8-17H2,1-3H3/t21-/m1/s1. The highest BCUT2D eigenvalue weighted by molar-refractivity contribution is 5.33. The molecule has 0 unspecified atom stereocenters. The van der Waals surface area contributed by atoms with Gasteiger partial charge in [-0.3, -0.25) is 9.80 Å². The lowest BCUT2D eigenvalue weighted by molar-refractivity contribution is -0.000191. The molecule has 1 aromatic rings. The molecule has 2 heterocycles. The average Bonchev–Trinajstić information content (AvgIpc) is 2.69. The molecule has 0 amide bonds. The lowest BCUT2D eigenvalue weighted by Gasteiger charge is -2.48. The predicted octanol–water partition coefficient (Wildman–Crippen LogP) is 2.44. The fourth-order valence-corrected chi connectivity index (χ4v) is 4.77. The first-order valence-corrected chi connectivity index (χ1v) is 10.6. The van der Waals surface area contributed by atoms with E-state index < -0.39 is 0 Å². The largest absolute Gasteiger partial charge is 0.496 e. The van der Waals surface area contributed by atoms with Crippen LogP contribution in [0.5, 0.6) is 5.75 Å². The first-order chi connectivity index (χ1) is 13.1. The number of para-hydroxylation sites is 1. The van der Waals surface area contributed by atoms with E-state index >= 15 is 0 Å². The van der Waals surface area contributed by atoms with Crippen molar-refractivity contribution in [1.29, 1.82) is 0 Å². The van der Waals surface area contributed by atoms with Crippen molar-refractivity contribution in [2.75, 3.05) is 46.4 Å². The van der Waals surface area contributed by atoms with E-state index in [4.69, 9.17) is 4.74 Å². The maximum Gasteiger partial charge on any atom is 0.123 e. The molecule has 0 spiro atoms. The Morgan fingerprint density at radius 1 is 1.11 bits per heavy atom. The van der Waals surface area contributed by atoms with Gasteiger partial charge in [0.05, 0.1) is 7.11 Å². The molecule has 2 saturated heterocycles. The minimum absolute atomic E-state index is 0.272. The van der Waals surface area contributed by atoms with Crippen LogP contribution in [-0.4, -0.2) is 84.4 Å². The molecule has 152 valence electrons. The van der Waals surface area contributed by atoms with E-state index in [0.717, 1.165) is 38.3 Å². The molecule has 2 aliphatic rings. The summed E-state index contributed by atoms with van der Waals surface area (Å²) in [5.74, 6) is 0.972. The molecule has 0 bridgehead atoms. The van der Waals surface area contributed by atoms with Crippen LogP contribution in [0, 0.1) is 0 Å². The summed E-state index contributed by atoms with van der Waals surface area (Å²) < 4.78 is 5.53. The highest BCUT2D eigenvalue weighted by Gasteiger charge is 2.34. The lowest BCUT2D eigenvalue weighted by Crippen LogP contribution is -2.58. The molecule has 1 N–H and O–H groups in total. The third-order valence-electron chi connectivity index (χ3n) is 6.36. The number of piperidine rings is 1. The van der Waals surface area contributed by atoms with Crippen molar-refractivity contribution in [1.82, 2.24) is 14.7 Å². The maximum atomic E-state index is 9.63. The third-order valence-corrected chi connectivity index (χ3v) is 6.36. The van der Waals surface area contributed by atoms with Crippen LogP contribution in [-0.2, 0) is 6.54 Å². The van der Waals surface area contributed by atoms with Crippen molar-refractivity contribution in [2.24, 2.45) is 0 Å². The topological polar surface area (TPSA) is 39.2 Å². The van der Waals surface area contributed by atoms with Crippen molar-refractivity contribution in [3.63, 3.8) is 0 Å². The number of methoxy groups -OCH3 is 1. The number of hydrogen-bond donors (Lipinski definition) is 1. The summed E-state index contributed by atoms with van der Waals surface area (Å²) in [5.41, 5.74) is 1.25. The number of piperazine rings is 1. The van der Waals surface area contributed by atoms with E-state index in [1.165, 1.54) is 31.5 Å². The van der Waals surface area contributed by atoms with Crippen molar-refractivity contribution in [3.8, 4) is 5.75 Å². The normalized spacial score (nSPS) is 23.8. The van der Waals surface area contributed by atoms with Gasteiger partial charge < -0.3 is 14.7 Å². The van der Waals surface area contributed by atoms with E-state index in [1.807, 2.05) is 12.1 Å². The molecule has 1 atom stereocenters. The minimum atomic E-state index is 0.272. The third kappa shape index (κ3) is 5.23. The second-order valence-corrected chi connectivity index (χ2v) is 8.31. The Kier molecular flexibility index (Phi) is 7.53. The Morgan fingerprint density at radius 3 is 2.52 bits per heavy atom. The Bertz CT molecular complexity index is 572. The van der Waals surface area contributed by atoms with Crippen LogP contribution in [0.2, 0.25) is 0 Å². The lowest BCUT2D eigenvalue weighted by atomic mass is 9.97. The van der Waals surface area contributed by atoms with Gasteiger partial charge in [0.1, 0.15) is 5.75 Å². The number of benzene rings is 1. The van der Waals surface area contributed by atoms with Crippen molar-refractivity contribution in [3.05, 3.63) is 29.8 Å². The molecule has 3 rings (SSSR count). The van der Waals surface area contributed by atoms with Gasteiger partial charge >= 0.3 is 0 Å². The smallest absolute Gasteiger partial charge is 0.123 e. The number of hydrogen-bond acceptors (Lipinski definition) is 5. The van der Waals surface area contributed by atoms with E-state index in [1.54, 1.807) is 7.11 Å². The fourth-order valence-electron chi connectivity index (χ4n) is 4.77. The van der Waals surface area contributed by atoms with Crippen LogP contribution in [0.1, 0.15) is 38.7 Å². The highest BCUT2D eigenvalue weighted by Crippen LogP contribution is 2.26. The molecule has 0 aromatic heterocycles. The van der Waals surface area contributed by atoms with E-state index in [-0.39, 0.29) is 6.61 Å². The van der Waals surface area contributed by atoms with Crippen LogP contribution < -0.4 is 4.74 Å². The summed E-state index contributed by atoms with van der Waals surface area (Å²) in [4.78, 5) is 7.82. The van der Waals surface area contributed by atoms with Crippen LogP contribution >= 0.6 is 0 Å². The highest BCUT2D eigenvalue weighted by atomic mass is 16.5. The zero-order valence-electron chi connectivity index (χ0n) is 17.3. The number of nitrogens with zero attached hydrogens (tertiary/aromatic N) is 3. The average molecular weight is 376 g/mol. The second-order valence-electron chi connectivity index (χ2n) is 8.31. The monoisotopic (exact) mass is 375 g/mol. The second kappa shape index (κ2) is 9.87. The summed E-state index contributed by atoms with van der Waals surface area (Å²) in [6.07, 6.45) is 3.38. The van der Waals surface area contributed by atoms with Gasteiger partial charge in [-0.1, -0.05) is 18.2 Å². The number of aliphatic hydroxyl groups is 1. The van der Waals surface area contributed by atoms with Crippen molar-refractivity contribution < 1.29 is 9.84 Å². The summed E-state index contributed by atoms with van der Waals surface area (Å²) >= 11 is 0. The molecular formula is C22H37N3O2. The number of likely N-dealkylation sites (tertiary alicyclic amines) is 1. The van der Waals surface area contributed by atoms with Crippen LogP contribution in [0.3, 0.4) is 0 Å². The molecule has 0 radical (unpaired) electrons. The first-order valence-electron chi connectivity index (χ1n) is 10.6. The van der Waals surface area contributed by atoms with Gasteiger partial charge in [-0.2, -0.15) is 0 Å². The van der Waals surface area contributed by atoms with E-state index in [2.05, 4.69) is 40.7 Å². The predicted molar refractivity (Wildman–Crippen MR) is 110 cm³/mol. The van der Waals surface area contributed by atoms with Crippen molar-refractivity contribution >= 4 is 0 Å². The van der Waals surface area contributed by atoms with E-state index in [0.29, 0.717) is 18.1 Å². The van der Waals surface area contributed by atoms with Gasteiger partial charge in [-0.15, -0.1) is 0 Å². The van der Waals surface area contributed by atoms with Gasteiger partial charge in [0.2, 0.25) is 0 Å². The van der Waals surface area contributed by atoms with Crippen molar-refractivity contribution in [2.45, 2.75) is 57.8 Å². The summed E-state index contributed by atoms with van der Waals surface area (Å²) in [6.45, 7) is 11.4. The molecule has 2 fully saturated rings. The first kappa shape index (κ1) is 20.6. The Balaban J connectivity index is 1.60. The molecule has 2 aliphatic heterocycles. The Morgan fingerprint density at radius 2 is 1.85 bits per heavy atom. The van der Waals surface area contributed by atoms with Gasteiger partial charge in [0, 0.05) is 56.5 Å². The zero-order valence-corrected chi connectivity index (χ0v) is 17.3. The molecule has 0 aliphatic carbocycles. The fraction of sp³-hybridized carbons (Fsp3) is 0.727. The Hall–Kier alpha value is -1.14. The zero-order chi connectivity index (χ0) is 19.2. The summed E-state index contributed by atoms with van der Waals surface area (Å²) in [5, 5.41) is 9.63. The SMILES string of the molecule is COc1ccccc1CN1CCN(C2CCN(C(C)C)CC2)[C@H](CCO)C1. The molecular weight excluding hydrogens is 338 g/mol. The number of aliphatic hydroxyl groups excluding tert-OH is 1. The van der Waals surface area contributed by atoms with Crippen LogP contribution in [0.15, 0.2) is 24.3 Å². The summed E-state index contributed by atoms with van der Waals surface area (Å²) in [7, 11) is 1.74. The quantitative estimate of drug-likeness (QED) is 0.793. The molecule has 1 aromatic carbocycles. The van der Waals surface area contributed by atoms with Crippen LogP contribution in [0.25, 0.3) is 0 Å². The van der Waals surface area contributed by atoms with Gasteiger partial charge in [0.25, 0.3) is 0 Å². The van der Waals surface area contributed by atoms with Crippen LogP contribution in [0.4, 0.5) is 0 Å². The maximum absolute atomic E-state index is 9.63. The van der Waals surface area contributed by atoms with Gasteiger partial charge in [-0.05, 0) is 52.3 Å². The number of rotatable bonds is 7. The number of ether oxygens (including phenoxy) is 1.